The van der Waals surface area contributed by atoms with Crippen molar-refractivity contribution >= 4 is 32.5 Å². The molecule has 0 radical (unpaired) electrons. The van der Waals surface area contributed by atoms with E-state index >= 15 is 0 Å². The van der Waals surface area contributed by atoms with Gasteiger partial charge >= 0.3 is 0 Å². The molecule has 1 aromatic heterocycles. The van der Waals surface area contributed by atoms with E-state index in [1.54, 1.807) is 6.07 Å². The minimum Gasteiger partial charge on any atom is -0.253 e. The minimum absolute atomic E-state index is 0.0116. The van der Waals surface area contributed by atoms with Crippen LogP contribution in [0.25, 0.3) is 11.3 Å². The van der Waals surface area contributed by atoms with Crippen LogP contribution in [0.4, 0.5) is 5.13 Å². The van der Waals surface area contributed by atoms with Gasteiger partial charge in [-0.25, -0.2) is 13.4 Å². The van der Waals surface area contributed by atoms with Crippen LogP contribution in [0, 0.1) is 11.3 Å². The molecular formula is C18H14N4O2S2. The third kappa shape index (κ3) is 4.14. The van der Waals surface area contributed by atoms with E-state index in [2.05, 4.69) is 15.5 Å². The van der Waals surface area contributed by atoms with Crippen molar-refractivity contribution in [3.63, 3.8) is 0 Å². The molecule has 3 aromatic rings. The molecule has 1 heterocycles. The largest absolute Gasteiger partial charge is 0.253 e. The lowest BCUT2D eigenvalue weighted by molar-refractivity contribution is 0.601. The van der Waals surface area contributed by atoms with Crippen molar-refractivity contribution in [2.45, 2.75) is 4.90 Å². The van der Waals surface area contributed by atoms with Gasteiger partial charge in [-0.1, -0.05) is 36.4 Å². The molecule has 0 aliphatic heterocycles. The van der Waals surface area contributed by atoms with Gasteiger partial charge < -0.3 is 0 Å². The highest BCUT2D eigenvalue weighted by atomic mass is 32.2. The normalized spacial score (nSPS) is 11.4. The fourth-order valence-electron chi connectivity index (χ4n) is 2.27. The van der Waals surface area contributed by atoms with Gasteiger partial charge in [0.05, 0.1) is 22.4 Å². The lowest BCUT2D eigenvalue weighted by atomic mass is 10.1. The highest BCUT2D eigenvalue weighted by Gasteiger charge is 2.13. The number of sulfone groups is 1. The zero-order valence-electron chi connectivity index (χ0n) is 13.7. The van der Waals surface area contributed by atoms with Crippen molar-refractivity contribution in [3.8, 4) is 17.3 Å². The smallest absolute Gasteiger partial charge is 0.203 e. The maximum absolute atomic E-state index is 11.6. The van der Waals surface area contributed by atoms with Gasteiger partial charge in [-0.3, -0.25) is 5.43 Å². The maximum atomic E-state index is 11.6. The van der Waals surface area contributed by atoms with E-state index in [0.29, 0.717) is 10.7 Å². The van der Waals surface area contributed by atoms with E-state index in [9.17, 15) is 8.42 Å². The van der Waals surface area contributed by atoms with Crippen molar-refractivity contribution in [3.05, 3.63) is 65.0 Å². The van der Waals surface area contributed by atoms with Gasteiger partial charge in [0, 0.05) is 17.2 Å². The summed E-state index contributed by atoms with van der Waals surface area (Å²) in [5.41, 5.74) is 5.43. The number of thiazole rings is 1. The third-order valence-corrected chi connectivity index (χ3v) is 5.37. The summed E-state index contributed by atoms with van der Waals surface area (Å²) in [6.07, 6.45) is 2.59. The highest BCUT2D eigenvalue weighted by molar-refractivity contribution is 7.90. The Hall–Kier alpha value is -3.02. The summed E-state index contributed by atoms with van der Waals surface area (Å²) < 4.78 is 23.3. The Morgan fingerprint density at radius 1 is 1.23 bits per heavy atom. The summed E-state index contributed by atoms with van der Waals surface area (Å²) in [6, 6.07) is 16.2. The summed E-state index contributed by atoms with van der Waals surface area (Å²) >= 11 is 1.43. The van der Waals surface area contributed by atoms with E-state index in [0.717, 1.165) is 17.5 Å². The van der Waals surface area contributed by atoms with E-state index in [1.165, 1.54) is 29.7 Å². The molecule has 0 aliphatic rings. The first kappa shape index (κ1) is 17.8. The van der Waals surface area contributed by atoms with Crippen LogP contribution >= 0.6 is 11.3 Å². The summed E-state index contributed by atoms with van der Waals surface area (Å²) in [5, 5.41) is 15.8. The number of benzene rings is 2. The van der Waals surface area contributed by atoms with Gasteiger partial charge in [-0.15, -0.1) is 11.3 Å². The molecule has 1 N–H and O–H groups in total. The molecule has 0 saturated carbocycles. The average molecular weight is 382 g/mol. The van der Waals surface area contributed by atoms with Crippen LogP contribution in [0.15, 0.2) is 63.9 Å². The van der Waals surface area contributed by atoms with Crippen molar-refractivity contribution in [1.29, 1.82) is 5.26 Å². The first-order chi connectivity index (χ1) is 12.5. The number of nitrogens with one attached hydrogen (secondary N) is 1. The first-order valence-electron chi connectivity index (χ1n) is 7.51. The van der Waals surface area contributed by atoms with Gasteiger partial charge in [0.1, 0.15) is 6.07 Å². The summed E-state index contributed by atoms with van der Waals surface area (Å²) in [4.78, 5) is 4.47. The molecule has 0 aliphatic carbocycles. The Labute approximate surface area is 155 Å². The Morgan fingerprint density at radius 2 is 2.00 bits per heavy atom. The Balaban J connectivity index is 1.74. The zero-order valence-corrected chi connectivity index (χ0v) is 15.4. The predicted octanol–water partition coefficient (Wildman–Crippen LogP) is 3.53. The van der Waals surface area contributed by atoms with Crippen LogP contribution in [-0.2, 0) is 9.84 Å². The second-order valence-corrected chi connectivity index (χ2v) is 8.26. The highest BCUT2D eigenvalue weighted by Crippen LogP contribution is 2.24. The molecule has 0 saturated heterocycles. The van der Waals surface area contributed by atoms with Crippen LogP contribution in [0.5, 0.6) is 0 Å². The lowest BCUT2D eigenvalue weighted by Crippen LogP contribution is -2.01. The number of aromatic nitrogens is 1. The van der Waals surface area contributed by atoms with Crippen molar-refractivity contribution in [2.24, 2.45) is 5.10 Å². The summed E-state index contributed by atoms with van der Waals surface area (Å²) in [7, 11) is -3.44. The third-order valence-electron chi connectivity index (χ3n) is 3.47. The second kappa shape index (κ2) is 7.47. The molecule has 6 nitrogen and oxygen atoms in total. The quantitative estimate of drug-likeness (QED) is 0.538. The average Bonchev–Trinajstić information content (AvgIpc) is 3.10. The SMILES string of the molecule is CS(=O)(=O)c1ccc(C=NNc2nc(-c3ccccc3)cs2)cc1C#N. The van der Waals surface area contributed by atoms with Crippen LogP contribution in [0.2, 0.25) is 0 Å². The fraction of sp³-hybridized carbons (Fsp3) is 0.0556. The Kier molecular flexibility index (Phi) is 5.11. The van der Waals surface area contributed by atoms with E-state index in [4.69, 9.17) is 5.26 Å². The molecule has 0 amide bonds. The number of hydrazone groups is 1. The van der Waals surface area contributed by atoms with Crippen LogP contribution < -0.4 is 5.43 Å². The first-order valence-corrected chi connectivity index (χ1v) is 10.3. The predicted molar refractivity (Wildman–Crippen MR) is 103 cm³/mol. The number of nitriles is 1. The molecule has 3 rings (SSSR count). The standard InChI is InChI=1S/C18H14N4O2S2/c1-26(23,24)17-8-7-13(9-15(17)10-19)11-20-22-18-21-16(12-25-18)14-5-3-2-4-6-14/h2-9,11-12H,1H3,(H,21,22). The fourth-order valence-corrected chi connectivity index (χ4v) is 3.76. The summed E-state index contributed by atoms with van der Waals surface area (Å²) in [6.45, 7) is 0. The molecule has 8 heteroatoms. The van der Waals surface area contributed by atoms with Gasteiger partial charge in [0.15, 0.2) is 9.84 Å². The van der Waals surface area contributed by atoms with E-state index in [1.807, 2.05) is 41.8 Å². The second-order valence-electron chi connectivity index (χ2n) is 5.41. The topological polar surface area (TPSA) is 95.2 Å². The molecule has 0 spiro atoms. The molecular weight excluding hydrogens is 368 g/mol. The van der Waals surface area contributed by atoms with Crippen LogP contribution in [-0.4, -0.2) is 25.9 Å². The summed E-state index contributed by atoms with van der Waals surface area (Å²) in [5.74, 6) is 0. The lowest BCUT2D eigenvalue weighted by Gasteiger charge is -2.02. The van der Waals surface area contributed by atoms with Crippen molar-refractivity contribution in [2.75, 3.05) is 11.7 Å². The van der Waals surface area contributed by atoms with Gasteiger partial charge in [-0.2, -0.15) is 10.4 Å². The molecule has 2 aromatic carbocycles. The number of nitrogens with zero attached hydrogens (tertiary/aromatic N) is 3. The van der Waals surface area contributed by atoms with E-state index in [-0.39, 0.29) is 10.5 Å². The molecule has 26 heavy (non-hydrogen) atoms. The minimum atomic E-state index is -3.44. The molecule has 0 fully saturated rings. The molecule has 130 valence electrons. The Bertz CT molecular complexity index is 1100. The molecule has 0 unspecified atom stereocenters. The van der Waals surface area contributed by atoms with Crippen molar-refractivity contribution < 1.29 is 8.42 Å². The van der Waals surface area contributed by atoms with Crippen LogP contribution in [0.1, 0.15) is 11.1 Å². The number of anilines is 1. The van der Waals surface area contributed by atoms with E-state index < -0.39 is 9.84 Å². The number of hydrogen-bond acceptors (Lipinski definition) is 7. The van der Waals surface area contributed by atoms with Crippen LogP contribution in [0.3, 0.4) is 0 Å². The van der Waals surface area contributed by atoms with Gasteiger partial charge in [0.2, 0.25) is 5.13 Å². The Morgan fingerprint density at radius 3 is 2.69 bits per heavy atom. The molecule has 0 atom stereocenters. The number of hydrogen-bond donors (Lipinski definition) is 1. The van der Waals surface area contributed by atoms with Crippen molar-refractivity contribution in [1.82, 2.24) is 4.98 Å². The van der Waals surface area contributed by atoms with Gasteiger partial charge in [-0.05, 0) is 17.7 Å². The monoisotopic (exact) mass is 382 g/mol. The zero-order chi connectivity index (χ0) is 18.6. The molecule has 0 bridgehead atoms. The maximum Gasteiger partial charge on any atom is 0.203 e. The van der Waals surface area contributed by atoms with Gasteiger partial charge in [0.25, 0.3) is 0 Å². The number of rotatable bonds is 5.